The second-order valence-corrected chi connectivity index (χ2v) is 10.3. The van der Waals surface area contributed by atoms with Crippen LogP contribution in [0.2, 0.25) is 0 Å². The highest BCUT2D eigenvalue weighted by Crippen LogP contribution is 2.38. The molecule has 0 unspecified atom stereocenters. The number of hydrogen-bond acceptors (Lipinski definition) is 9. The van der Waals surface area contributed by atoms with Crippen molar-refractivity contribution in [2.45, 2.75) is 56.7 Å². The maximum absolute atomic E-state index is 9.35. The van der Waals surface area contributed by atoms with E-state index in [0.717, 1.165) is 66.4 Å². The second-order valence-electron chi connectivity index (χ2n) is 9.40. The highest BCUT2D eigenvalue weighted by atomic mass is 79.9. The number of nitriles is 1. The van der Waals surface area contributed by atoms with Crippen LogP contribution in [0.15, 0.2) is 29.0 Å². The van der Waals surface area contributed by atoms with Crippen LogP contribution < -0.4 is 16.0 Å². The maximum atomic E-state index is 9.35. The highest BCUT2D eigenvalue weighted by Gasteiger charge is 2.28. The molecule has 2 aromatic heterocycles. The van der Waals surface area contributed by atoms with Gasteiger partial charge < -0.3 is 30.4 Å². The average molecular weight is 555 g/mol. The van der Waals surface area contributed by atoms with E-state index in [2.05, 4.69) is 47.5 Å². The number of rotatable bonds is 11. The topological polar surface area (TPSA) is 133 Å². The largest absolute Gasteiger partial charge is 0.394 e. The van der Waals surface area contributed by atoms with Crippen LogP contribution in [0.25, 0.3) is 11.2 Å². The minimum atomic E-state index is 0.0626. The fraction of sp³-hybridized carbons (Fsp3) is 0.520. The van der Waals surface area contributed by atoms with E-state index < -0.39 is 0 Å². The van der Waals surface area contributed by atoms with Gasteiger partial charge in [-0.05, 0) is 56.7 Å². The predicted octanol–water partition coefficient (Wildman–Crippen LogP) is 3.86. The molecule has 2 heterocycles. The first-order valence-corrected chi connectivity index (χ1v) is 13.3. The molecule has 0 aliphatic heterocycles. The van der Waals surface area contributed by atoms with Gasteiger partial charge in [-0.3, -0.25) is 0 Å². The van der Waals surface area contributed by atoms with Gasteiger partial charge >= 0.3 is 0 Å². The lowest BCUT2D eigenvalue weighted by Crippen LogP contribution is -2.38. The van der Waals surface area contributed by atoms with Crippen LogP contribution in [-0.4, -0.2) is 63.1 Å². The van der Waals surface area contributed by atoms with Crippen molar-refractivity contribution in [3.8, 4) is 6.07 Å². The van der Waals surface area contributed by atoms with Gasteiger partial charge in [-0.15, -0.1) is 0 Å². The number of benzene rings is 1. The number of nitrogens with zero attached hydrogens (tertiary/aromatic N) is 5. The lowest BCUT2D eigenvalue weighted by molar-refractivity contribution is 0.0917. The molecule has 36 heavy (non-hydrogen) atoms. The van der Waals surface area contributed by atoms with Gasteiger partial charge in [0.1, 0.15) is 0 Å². The normalized spacial score (nSPS) is 19.8. The van der Waals surface area contributed by atoms with Gasteiger partial charge in [0.25, 0.3) is 0 Å². The molecule has 2 saturated carbocycles. The first kappa shape index (κ1) is 24.9. The average Bonchev–Trinajstić information content (AvgIpc) is 3.63. The monoisotopic (exact) mass is 554 g/mol. The molecule has 11 heteroatoms. The third-order valence-corrected chi connectivity index (χ3v) is 7.08. The summed E-state index contributed by atoms with van der Waals surface area (Å²) >= 11 is 3.48. The fourth-order valence-corrected chi connectivity index (χ4v) is 5.17. The number of fused-ring (bicyclic) bond motifs is 1. The first-order valence-electron chi connectivity index (χ1n) is 12.5. The molecule has 1 aromatic carbocycles. The lowest BCUT2D eigenvalue weighted by Gasteiger charge is -2.30. The number of halogens is 1. The molecule has 0 radical (unpaired) electrons. The summed E-state index contributed by atoms with van der Waals surface area (Å²) in [5, 5.41) is 28.6. The van der Waals surface area contributed by atoms with Crippen molar-refractivity contribution in [1.82, 2.24) is 24.8 Å². The SMILES string of the molecule is N#Cc1cc(Br)cc(Nc2nc(NC3CCC(NCCOCCO)CC3)nc3c2ncn3C2CC2)c1. The smallest absolute Gasteiger partial charge is 0.227 e. The molecule has 0 amide bonds. The molecule has 4 N–H and O–H groups in total. The van der Waals surface area contributed by atoms with E-state index in [-0.39, 0.29) is 6.61 Å². The standard InChI is InChI=1S/C25H31BrN8O2/c26-17-11-16(14-27)12-20(13-17)30-23-22-24(34(15-29-22)21-5-6-21)33-25(32-23)31-19-3-1-18(2-4-19)28-7-9-36-10-8-35/h11-13,15,18-19,21,28,35H,1-10H2,(H2,30,31,32,33). The first-order chi connectivity index (χ1) is 17.6. The van der Waals surface area contributed by atoms with Gasteiger partial charge in [-0.2, -0.15) is 15.2 Å². The molecule has 0 bridgehead atoms. The Kier molecular flexibility index (Phi) is 7.96. The Morgan fingerprint density at radius 2 is 1.89 bits per heavy atom. The van der Waals surface area contributed by atoms with Crippen molar-refractivity contribution in [3.05, 3.63) is 34.6 Å². The summed E-state index contributed by atoms with van der Waals surface area (Å²) in [7, 11) is 0. The van der Waals surface area contributed by atoms with Crippen LogP contribution in [0.4, 0.5) is 17.5 Å². The van der Waals surface area contributed by atoms with E-state index in [1.165, 1.54) is 0 Å². The molecular formula is C25H31BrN8O2. The van der Waals surface area contributed by atoms with Crippen molar-refractivity contribution in [1.29, 1.82) is 5.26 Å². The van der Waals surface area contributed by atoms with Crippen LogP contribution in [0, 0.1) is 11.3 Å². The summed E-state index contributed by atoms with van der Waals surface area (Å²) < 4.78 is 8.30. The molecule has 190 valence electrons. The van der Waals surface area contributed by atoms with Crippen LogP contribution in [0.3, 0.4) is 0 Å². The number of hydrogen-bond donors (Lipinski definition) is 4. The Hall–Kier alpha value is -2.78. The zero-order chi connectivity index (χ0) is 24.9. The number of aliphatic hydroxyl groups excluding tert-OH is 1. The van der Waals surface area contributed by atoms with Gasteiger partial charge in [-0.1, -0.05) is 15.9 Å². The van der Waals surface area contributed by atoms with Gasteiger partial charge in [0.15, 0.2) is 17.0 Å². The van der Waals surface area contributed by atoms with Gasteiger partial charge in [0, 0.05) is 34.8 Å². The molecule has 10 nitrogen and oxygen atoms in total. The second kappa shape index (κ2) is 11.5. The van der Waals surface area contributed by atoms with E-state index in [1.54, 1.807) is 12.1 Å². The van der Waals surface area contributed by atoms with Gasteiger partial charge in [0.2, 0.25) is 5.95 Å². The molecule has 0 spiro atoms. The van der Waals surface area contributed by atoms with Crippen LogP contribution in [0.5, 0.6) is 0 Å². The minimum Gasteiger partial charge on any atom is -0.394 e. The van der Waals surface area contributed by atoms with Gasteiger partial charge in [-0.25, -0.2) is 4.98 Å². The van der Waals surface area contributed by atoms with Crippen LogP contribution >= 0.6 is 15.9 Å². The van der Waals surface area contributed by atoms with Crippen molar-refractivity contribution in [3.63, 3.8) is 0 Å². The van der Waals surface area contributed by atoms with E-state index in [0.29, 0.717) is 48.7 Å². The maximum Gasteiger partial charge on any atom is 0.227 e. The number of anilines is 3. The van der Waals surface area contributed by atoms with Crippen molar-refractivity contribution < 1.29 is 9.84 Å². The third kappa shape index (κ3) is 6.13. The molecule has 2 fully saturated rings. The Balaban J connectivity index is 1.29. The molecule has 5 rings (SSSR count). The number of imidazole rings is 1. The molecule has 2 aliphatic carbocycles. The molecule has 0 atom stereocenters. The van der Waals surface area contributed by atoms with Crippen molar-refractivity contribution in [2.24, 2.45) is 0 Å². The van der Waals surface area contributed by atoms with E-state index in [1.807, 2.05) is 12.4 Å². The zero-order valence-corrected chi connectivity index (χ0v) is 21.7. The minimum absolute atomic E-state index is 0.0626. The number of aliphatic hydroxyl groups is 1. The molecule has 0 saturated heterocycles. The van der Waals surface area contributed by atoms with Gasteiger partial charge in [0.05, 0.1) is 37.8 Å². The molecule has 2 aliphatic rings. The van der Waals surface area contributed by atoms with E-state index in [4.69, 9.17) is 19.8 Å². The summed E-state index contributed by atoms with van der Waals surface area (Å²) in [6.45, 7) is 1.87. The summed E-state index contributed by atoms with van der Waals surface area (Å²) in [4.78, 5) is 14.3. The quantitative estimate of drug-likeness (QED) is 0.260. The fourth-order valence-electron chi connectivity index (χ4n) is 4.68. The third-order valence-electron chi connectivity index (χ3n) is 6.63. The Labute approximate surface area is 218 Å². The van der Waals surface area contributed by atoms with E-state index >= 15 is 0 Å². The lowest BCUT2D eigenvalue weighted by atomic mass is 9.91. The van der Waals surface area contributed by atoms with Crippen molar-refractivity contribution in [2.75, 3.05) is 37.0 Å². The van der Waals surface area contributed by atoms with Crippen molar-refractivity contribution >= 4 is 44.5 Å². The number of ether oxygens (including phenoxy) is 1. The van der Waals surface area contributed by atoms with Crippen LogP contribution in [0.1, 0.15) is 50.1 Å². The number of nitrogens with one attached hydrogen (secondary N) is 3. The molecule has 3 aromatic rings. The summed E-state index contributed by atoms with van der Waals surface area (Å²) in [5.74, 6) is 1.22. The number of aromatic nitrogens is 4. The van der Waals surface area contributed by atoms with E-state index in [9.17, 15) is 5.26 Å². The Morgan fingerprint density at radius 1 is 1.08 bits per heavy atom. The highest BCUT2D eigenvalue weighted by molar-refractivity contribution is 9.10. The zero-order valence-electron chi connectivity index (χ0n) is 20.1. The summed E-state index contributed by atoms with van der Waals surface area (Å²) in [6, 6.07) is 8.91. The van der Waals surface area contributed by atoms with Crippen LogP contribution in [-0.2, 0) is 4.74 Å². The predicted molar refractivity (Wildman–Crippen MR) is 141 cm³/mol. The Morgan fingerprint density at radius 3 is 2.64 bits per heavy atom. The summed E-state index contributed by atoms with van der Waals surface area (Å²) in [5.41, 5.74) is 2.88. The summed E-state index contributed by atoms with van der Waals surface area (Å²) in [6.07, 6.45) is 8.33. The Bertz CT molecular complexity index is 1230. The molecular weight excluding hydrogens is 524 g/mol.